The number of hydrogen-bond acceptors (Lipinski definition) is 5. The predicted molar refractivity (Wildman–Crippen MR) is 111 cm³/mol. The minimum absolute atomic E-state index is 0.0440. The van der Waals surface area contributed by atoms with Gasteiger partial charge in [0.2, 0.25) is 5.91 Å². The average Bonchev–Trinajstić information content (AvgIpc) is 2.96. The molecule has 2 aliphatic carbocycles. The smallest absolute Gasteiger partial charge is 0.271 e. The molecule has 2 heterocycles. The Balaban J connectivity index is 1.44. The van der Waals surface area contributed by atoms with Crippen LogP contribution in [-0.2, 0) is 9.53 Å². The van der Waals surface area contributed by atoms with Crippen LogP contribution in [0.1, 0.15) is 47.5 Å². The summed E-state index contributed by atoms with van der Waals surface area (Å²) >= 11 is 1.16. The molecule has 1 saturated heterocycles. The zero-order chi connectivity index (χ0) is 21.8. The largest absolute Gasteiger partial charge is 0.380 e. The minimum atomic E-state index is -0.792. The highest BCUT2D eigenvalue weighted by Gasteiger charge is 2.51. The van der Waals surface area contributed by atoms with Crippen LogP contribution in [0.5, 0.6) is 0 Å². The summed E-state index contributed by atoms with van der Waals surface area (Å²) in [6, 6.07) is 3.09. The van der Waals surface area contributed by atoms with Crippen molar-refractivity contribution in [1.29, 1.82) is 0 Å². The number of rotatable bonds is 5. The van der Waals surface area contributed by atoms with E-state index >= 15 is 0 Å². The van der Waals surface area contributed by atoms with E-state index in [1.54, 1.807) is 6.92 Å². The van der Waals surface area contributed by atoms with Gasteiger partial charge in [-0.05, 0) is 50.2 Å². The first kappa shape index (κ1) is 20.5. The van der Waals surface area contributed by atoms with E-state index in [2.05, 4.69) is 10.3 Å². The molecule has 1 aliphatic heterocycles. The van der Waals surface area contributed by atoms with Gasteiger partial charge in [0.05, 0.1) is 24.8 Å². The van der Waals surface area contributed by atoms with Crippen molar-refractivity contribution >= 4 is 34.0 Å². The Labute approximate surface area is 182 Å². The fourth-order valence-corrected chi connectivity index (χ4v) is 5.56. The molecule has 1 spiro atoms. The van der Waals surface area contributed by atoms with Crippen molar-refractivity contribution in [3.63, 3.8) is 0 Å². The molecular formula is C22H23F2N3O3S. The Morgan fingerprint density at radius 2 is 1.90 bits per heavy atom. The third kappa shape index (κ3) is 3.53. The molecule has 1 atom stereocenters. The lowest BCUT2D eigenvalue weighted by Crippen LogP contribution is -2.58. The standard InChI is InChI=1S/C22H23F2N3O3S/c1-12-18(19(28)25-17-3-6-22(17)4-2-5-22)26-21(31-12)27(20(29)13-10-30-11-13)16-8-14(23)7-15(24)9-16/h7-9,13,17H,2-6,10-11H2,1H3,(H,25,28)/t17-/m1/s1. The number of thiazole rings is 1. The molecule has 2 saturated carbocycles. The maximum absolute atomic E-state index is 13.9. The fourth-order valence-electron chi connectivity index (χ4n) is 4.63. The van der Waals surface area contributed by atoms with E-state index in [1.165, 1.54) is 11.3 Å². The molecule has 31 heavy (non-hydrogen) atoms. The molecule has 6 nitrogen and oxygen atoms in total. The molecule has 1 N–H and O–H groups in total. The summed E-state index contributed by atoms with van der Waals surface area (Å²) in [5, 5.41) is 3.33. The summed E-state index contributed by atoms with van der Waals surface area (Å²) in [5.41, 5.74) is 0.553. The predicted octanol–water partition coefficient (Wildman–Crippen LogP) is 4.10. The first-order valence-electron chi connectivity index (χ1n) is 10.5. The van der Waals surface area contributed by atoms with Gasteiger partial charge in [-0.25, -0.2) is 13.8 Å². The first-order chi connectivity index (χ1) is 14.9. The summed E-state index contributed by atoms with van der Waals surface area (Å²) in [5.74, 6) is -2.62. The highest BCUT2D eigenvalue weighted by atomic mass is 32.1. The number of halogens is 2. The van der Waals surface area contributed by atoms with E-state index in [0.717, 1.165) is 55.2 Å². The van der Waals surface area contributed by atoms with E-state index in [1.807, 2.05) is 0 Å². The van der Waals surface area contributed by atoms with Gasteiger partial charge in [-0.3, -0.25) is 14.5 Å². The van der Waals surface area contributed by atoms with E-state index in [9.17, 15) is 18.4 Å². The molecule has 9 heteroatoms. The van der Waals surface area contributed by atoms with Gasteiger partial charge in [0, 0.05) is 17.0 Å². The van der Waals surface area contributed by atoms with Crippen LogP contribution in [0, 0.1) is 29.9 Å². The molecule has 2 aromatic rings. The average molecular weight is 448 g/mol. The summed E-state index contributed by atoms with van der Waals surface area (Å²) in [7, 11) is 0. The highest BCUT2D eigenvalue weighted by Crippen LogP contribution is 2.55. The van der Waals surface area contributed by atoms with Gasteiger partial charge in [-0.2, -0.15) is 0 Å². The quantitative estimate of drug-likeness (QED) is 0.749. The van der Waals surface area contributed by atoms with Crippen molar-refractivity contribution in [2.75, 3.05) is 18.1 Å². The number of ether oxygens (including phenoxy) is 1. The third-order valence-corrected chi connectivity index (χ3v) is 7.79. The van der Waals surface area contributed by atoms with Crippen LogP contribution in [0.25, 0.3) is 0 Å². The van der Waals surface area contributed by atoms with E-state index in [-0.39, 0.29) is 53.0 Å². The van der Waals surface area contributed by atoms with Gasteiger partial charge < -0.3 is 10.1 Å². The number of aromatic nitrogens is 1. The number of nitrogens with zero attached hydrogens (tertiary/aromatic N) is 2. The number of aryl methyl sites for hydroxylation is 1. The number of nitrogens with one attached hydrogen (secondary N) is 1. The maximum atomic E-state index is 13.9. The highest BCUT2D eigenvalue weighted by molar-refractivity contribution is 7.16. The van der Waals surface area contributed by atoms with Gasteiger partial charge in [-0.15, -0.1) is 11.3 Å². The number of amides is 2. The second-order valence-corrected chi connectivity index (χ2v) is 9.90. The van der Waals surface area contributed by atoms with E-state index in [0.29, 0.717) is 4.88 Å². The van der Waals surface area contributed by atoms with Gasteiger partial charge in [0.25, 0.3) is 5.91 Å². The van der Waals surface area contributed by atoms with Crippen LogP contribution in [-0.4, -0.2) is 36.1 Å². The number of benzene rings is 1. The lowest BCUT2D eigenvalue weighted by Gasteiger charge is -2.56. The van der Waals surface area contributed by atoms with Crippen LogP contribution < -0.4 is 10.2 Å². The SMILES string of the molecule is Cc1sc(N(C(=O)C2COC2)c2cc(F)cc(F)c2)nc1C(=O)N[C@@H]1CCC12CCC2. The van der Waals surface area contributed by atoms with Gasteiger partial charge in [0.15, 0.2) is 5.13 Å². The zero-order valence-corrected chi connectivity index (χ0v) is 17.9. The molecule has 0 radical (unpaired) electrons. The maximum Gasteiger partial charge on any atom is 0.271 e. The number of carbonyl (C=O) groups is 2. The van der Waals surface area contributed by atoms with Crippen LogP contribution in [0.2, 0.25) is 0 Å². The van der Waals surface area contributed by atoms with Crippen molar-refractivity contribution in [3.8, 4) is 0 Å². The van der Waals surface area contributed by atoms with Crippen LogP contribution in [0.3, 0.4) is 0 Å². The summed E-state index contributed by atoms with van der Waals surface area (Å²) in [6.07, 6.45) is 5.62. The summed E-state index contributed by atoms with van der Waals surface area (Å²) in [4.78, 5) is 32.3. The third-order valence-electron chi connectivity index (χ3n) is 6.83. The Kier molecular flexibility index (Phi) is 5.05. The lowest BCUT2D eigenvalue weighted by molar-refractivity contribution is -0.135. The summed E-state index contributed by atoms with van der Waals surface area (Å²) in [6.45, 7) is 2.25. The van der Waals surface area contributed by atoms with E-state index in [4.69, 9.17) is 4.74 Å². The fraction of sp³-hybridized carbons (Fsp3) is 0.500. The van der Waals surface area contributed by atoms with Crippen molar-refractivity contribution in [3.05, 3.63) is 40.4 Å². The normalized spacial score (nSPS) is 21.7. The number of anilines is 2. The molecule has 2 amide bonds. The number of hydrogen-bond donors (Lipinski definition) is 1. The van der Waals surface area contributed by atoms with Gasteiger partial charge in [-0.1, -0.05) is 6.42 Å². The Bertz CT molecular complexity index is 1020. The second kappa shape index (κ2) is 7.63. The molecule has 164 valence electrons. The first-order valence-corrected chi connectivity index (χ1v) is 11.3. The minimum Gasteiger partial charge on any atom is -0.380 e. The second-order valence-electron chi connectivity index (χ2n) is 8.72. The van der Waals surface area contributed by atoms with Crippen LogP contribution in [0.15, 0.2) is 18.2 Å². The molecule has 5 rings (SSSR count). The monoisotopic (exact) mass is 447 g/mol. The molecule has 3 fully saturated rings. The Morgan fingerprint density at radius 1 is 1.19 bits per heavy atom. The van der Waals surface area contributed by atoms with E-state index < -0.39 is 17.6 Å². The lowest BCUT2D eigenvalue weighted by atomic mass is 9.53. The topological polar surface area (TPSA) is 71.5 Å². The van der Waals surface area contributed by atoms with Gasteiger partial charge >= 0.3 is 0 Å². The van der Waals surface area contributed by atoms with Crippen molar-refractivity contribution < 1.29 is 23.1 Å². The molecule has 1 aromatic carbocycles. The molecule has 1 aromatic heterocycles. The van der Waals surface area contributed by atoms with Crippen LogP contribution >= 0.6 is 11.3 Å². The summed E-state index contributed by atoms with van der Waals surface area (Å²) < 4.78 is 32.9. The van der Waals surface area contributed by atoms with Crippen molar-refractivity contribution in [1.82, 2.24) is 10.3 Å². The van der Waals surface area contributed by atoms with Crippen molar-refractivity contribution in [2.45, 2.75) is 45.1 Å². The number of carbonyl (C=O) groups excluding carboxylic acids is 2. The molecule has 0 unspecified atom stereocenters. The van der Waals surface area contributed by atoms with Crippen LogP contribution in [0.4, 0.5) is 19.6 Å². The Hall–Kier alpha value is -2.39. The van der Waals surface area contributed by atoms with Crippen molar-refractivity contribution in [2.24, 2.45) is 11.3 Å². The Morgan fingerprint density at radius 3 is 2.42 bits per heavy atom. The van der Waals surface area contributed by atoms with Gasteiger partial charge in [0.1, 0.15) is 17.3 Å². The zero-order valence-electron chi connectivity index (χ0n) is 17.1. The molecule has 3 aliphatic rings. The molecule has 0 bridgehead atoms. The molecular weight excluding hydrogens is 424 g/mol.